The topological polar surface area (TPSA) is 105 Å². The van der Waals surface area contributed by atoms with Crippen LogP contribution < -0.4 is 19.1 Å². The van der Waals surface area contributed by atoms with Gasteiger partial charge in [0.1, 0.15) is 24.1 Å². The quantitative estimate of drug-likeness (QED) is 0.270. The van der Waals surface area contributed by atoms with E-state index in [1.54, 1.807) is 62.6 Å². The van der Waals surface area contributed by atoms with Crippen LogP contribution in [0.4, 0.5) is 5.69 Å². The van der Waals surface area contributed by atoms with Crippen LogP contribution in [0.3, 0.4) is 0 Å². The fraction of sp³-hybridized carbons (Fsp3) is 0.355. The molecule has 0 spiro atoms. The third-order valence-electron chi connectivity index (χ3n) is 6.48. The third-order valence-corrected chi connectivity index (χ3v) is 8.52. The summed E-state index contributed by atoms with van der Waals surface area (Å²) in [5, 5.41) is 3.25. The highest BCUT2D eigenvalue weighted by Crippen LogP contribution is 2.27. The summed E-state index contributed by atoms with van der Waals surface area (Å²) >= 11 is 6.01. The molecule has 1 N–H and O–H groups in total. The molecule has 0 radical (unpaired) electrons. The minimum atomic E-state index is -4.20. The molecule has 2 amide bonds. The summed E-state index contributed by atoms with van der Waals surface area (Å²) in [6.07, 6.45) is 0. The van der Waals surface area contributed by atoms with Gasteiger partial charge in [0.05, 0.1) is 24.3 Å². The summed E-state index contributed by atoms with van der Waals surface area (Å²) in [4.78, 5) is 28.5. The number of carbonyl (C=O) groups excluding carboxylic acids is 2. The molecular weight excluding hydrogens is 578 g/mol. The molecule has 9 nitrogen and oxygen atoms in total. The number of halogens is 1. The second kappa shape index (κ2) is 14.9. The van der Waals surface area contributed by atoms with Gasteiger partial charge in [-0.2, -0.15) is 0 Å². The standard InChI is InChI=1S/C31H38ClN3O6S/c1-6-41-28-15-11-26(12-16-28)35(42(38,39)29-17-9-25(32)10-18-29)21-30(36)34(23(4)31(37)33-19-22(2)3)20-24-7-13-27(40-5)14-8-24/h7-18,22-23H,6,19-21H2,1-5H3,(H,33,37)/t23-/m0/s1. The van der Waals surface area contributed by atoms with Crippen LogP contribution in [-0.4, -0.2) is 58.0 Å². The van der Waals surface area contributed by atoms with Crippen LogP contribution in [0.2, 0.25) is 5.02 Å². The lowest BCUT2D eigenvalue weighted by molar-refractivity contribution is -0.139. The molecule has 0 unspecified atom stereocenters. The van der Waals surface area contributed by atoms with Crippen molar-refractivity contribution in [1.29, 1.82) is 0 Å². The van der Waals surface area contributed by atoms with Gasteiger partial charge in [0.25, 0.3) is 10.0 Å². The average molecular weight is 616 g/mol. The summed E-state index contributed by atoms with van der Waals surface area (Å²) in [6.45, 7) is 7.85. The monoisotopic (exact) mass is 615 g/mol. The zero-order valence-electron chi connectivity index (χ0n) is 24.5. The summed E-state index contributed by atoms with van der Waals surface area (Å²) < 4.78 is 39.6. The molecule has 0 aliphatic carbocycles. The lowest BCUT2D eigenvalue weighted by atomic mass is 10.1. The van der Waals surface area contributed by atoms with Crippen LogP contribution >= 0.6 is 11.6 Å². The van der Waals surface area contributed by atoms with E-state index >= 15 is 0 Å². The predicted octanol–water partition coefficient (Wildman–Crippen LogP) is 5.13. The normalized spacial score (nSPS) is 12.0. The Balaban J connectivity index is 2.01. The Morgan fingerprint density at radius 1 is 0.905 bits per heavy atom. The number of hydrogen-bond donors (Lipinski definition) is 1. The Bertz CT molecular complexity index is 1430. The number of nitrogens with one attached hydrogen (secondary N) is 1. The number of carbonyl (C=O) groups is 2. The fourth-order valence-electron chi connectivity index (χ4n) is 4.10. The molecule has 0 fully saturated rings. The lowest BCUT2D eigenvalue weighted by Crippen LogP contribution is -2.51. The minimum absolute atomic E-state index is 0.0296. The molecule has 42 heavy (non-hydrogen) atoms. The van der Waals surface area contributed by atoms with Crippen molar-refractivity contribution in [3.63, 3.8) is 0 Å². The van der Waals surface area contributed by atoms with E-state index in [9.17, 15) is 18.0 Å². The molecule has 0 aliphatic rings. The second-order valence-electron chi connectivity index (χ2n) is 10.1. The highest BCUT2D eigenvalue weighted by atomic mass is 35.5. The van der Waals surface area contributed by atoms with Gasteiger partial charge in [-0.05, 0) is 86.0 Å². The maximum absolute atomic E-state index is 14.0. The molecule has 3 aromatic rings. The highest BCUT2D eigenvalue weighted by molar-refractivity contribution is 7.92. The van der Waals surface area contributed by atoms with E-state index in [4.69, 9.17) is 21.1 Å². The first-order chi connectivity index (χ1) is 20.0. The first-order valence-electron chi connectivity index (χ1n) is 13.7. The molecule has 0 bridgehead atoms. The summed E-state index contributed by atoms with van der Waals surface area (Å²) in [5.41, 5.74) is 1.02. The number of rotatable bonds is 14. The van der Waals surface area contributed by atoms with Crippen molar-refractivity contribution < 1.29 is 27.5 Å². The Labute approximate surface area is 253 Å². The van der Waals surface area contributed by atoms with Crippen LogP contribution in [0.15, 0.2) is 77.7 Å². The predicted molar refractivity (Wildman–Crippen MR) is 164 cm³/mol. The molecule has 3 aromatic carbocycles. The van der Waals surface area contributed by atoms with Gasteiger partial charge in [0, 0.05) is 18.1 Å². The maximum Gasteiger partial charge on any atom is 0.264 e. The van der Waals surface area contributed by atoms with Crippen molar-refractivity contribution in [1.82, 2.24) is 10.2 Å². The number of sulfonamides is 1. The molecule has 0 aromatic heterocycles. The largest absolute Gasteiger partial charge is 0.497 e. The van der Waals surface area contributed by atoms with Gasteiger partial charge in [-0.15, -0.1) is 0 Å². The number of anilines is 1. The zero-order chi connectivity index (χ0) is 30.9. The summed E-state index contributed by atoms with van der Waals surface area (Å²) in [6, 6.07) is 18.4. The van der Waals surface area contributed by atoms with Gasteiger partial charge in [-0.1, -0.05) is 37.6 Å². The van der Waals surface area contributed by atoms with Crippen LogP contribution in [0.1, 0.15) is 33.3 Å². The molecule has 1 atom stereocenters. The van der Waals surface area contributed by atoms with Gasteiger partial charge < -0.3 is 19.7 Å². The van der Waals surface area contributed by atoms with Gasteiger partial charge in [-0.25, -0.2) is 8.42 Å². The van der Waals surface area contributed by atoms with Gasteiger partial charge in [0.2, 0.25) is 11.8 Å². The summed E-state index contributed by atoms with van der Waals surface area (Å²) in [7, 11) is -2.65. The number of methoxy groups -OCH3 is 1. The molecule has 0 saturated heterocycles. The van der Waals surface area contributed by atoms with Crippen molar-refractivity contribution in [2.75, 3.05) is 31.1 Å². The van der Waals surface area contributed by atoms with Crippen molar-refractivity contribution in [2.24, 2.45) is 5.92 Å². The maximum atomic E-state index is 14.0. The fourth-order valence-corrected chi connectivity index (χ4v) is 5.64. The number of hydrogen-bond acceptors (Lipinski definition) is 6. The van der Waals surface area contributed by atoms with E-state index in [0.29, 0.717) is 29.7 Å². The smallest absolute Gasteiger partial charge is 0.264 e. The molecule has 0 heterocycles. The van der Waals surface area contributed by atoms with Crippen LogP contribution in [0.25, 0.3) is 0 Å². The van der Waals surface area contributed by atoms with Gasteiger partial charge >= 0.3 is 0 Å². The Morgan fingerprint density at radius 2 is 1.50 bits per heavy atom. The number of amides is 2. The van der Waals surface area contributed by atoms with E-state index in [1.165, 1.54) is 29.2 Å². The SMILES string of the molecule is CCOc1ccc(N(CC(=O)N(Cc2ccc(OC)cc2)[C@@H](C)C(=O)NCC(C)C)S(=O)(=O)c2ccc(Cl)cc2)cc1. The summed E-state index contributed by atoms with van der Waals surface area (Å²) in [5.74, 6) is 0.540. The van der Waals surface area contributed by atoms with Gasteiger partial charge in [0.15, 0.2) is 0 Å². The van der Waals surface area contributed by atoms with E-state index in [2.05, 4.69) is 5.32 Å². The number of benzene rings is 3. The molecule has 11 heteroatoms. The molecule has 0 saturated carbocycles. The van der Waals surface area contributed by atoms with Crippen LogP contribution in [0.5, 0.6) is 11.5 Å². The van der Waals surface area contributed by atoms with Crippen LogP contribution in [-0.2, 0) is 26.2 Å². The first-order valence-corrected chi connectivity index (χ1v) is 15.5. The Kier molecular flexibility index (Phi) is 11.6. The van der Waals surface area contributed by atoms with E-state index in [-0.39, 0.29) is 29.0 Å². The van der Waals surface area contributed by atoms with Crippen molar-refractivity contribution in [3.05, 3.63) is 83.4 Å². The van der Waals surface area contributed by atoms with Crippen molar-refractivity contribution in [2.45, 2.75) is 45.2 Å². The van der Waals surface area contributed by atoms with E-state index < -0.39 is 28.5 Å². The van der Waals surface area contributed by atoms with E-state index in [0.717, 1.165) is 9.87 Å². The number of ether oxygens (including phenoxy) is 2. The second-order valence-corrected chi connectivity index (χ2v) is 12.4. The Morgan fingerprint density at radius 3 is 2.05 bits per heavy atom. The molecule has 3 rings (SSSR count). The average Bonchev–Trinajstić information content (AvgIpc) is 2.98. The Hall–Kier alpha value is -3.76. The van der Waals surface area contributed by atoms with Crippen molar-refractivity contribution >= 4 is 39.1 Å². The van der Waals surface area contributed by atoms with Gasteiger partial charge in [-0.3, -0.25) is 13.9 Å². The van der Waals surface area contributed by atoms with E-state index in [1.807, 2.05) is 20.8 Å². The molecule has 226 valence electrons. The molecular formula is C31H38ClN3O6S. The van der Waals surface area contributed by atoms with Crippen molar-refractivity contribution in [3.8, 4) is 11.5 Å². The highest BCUT2D eigenvalue weighted by Gasteiger charge is 2.32. The zero-order valence-corrected chi connectivity index (χ0v) is 26.1. The number of nitrogens with zero attached hydrogens (tertiary/aromatic N) is 2. The van der Waals surface area contributed by atoms with Crippen LogP contribution in [0, 0.1) is 5.92 Å². The minimum Gasteiger partial charge on any atom is -0.497 e. The third kappa shape index (κ3) is 8.62. The lowest BCUT2D eigenvalue weighted by Gasteiger charge is -2.32. The first kappa shape index (κ1) is 32.8. The molecule has 0 aliphatic heterocycles.